The van der Waals surface area contributed by atoms with E-state index in [-0.39, 0.29) is 5.56 Å². The highest BCUT2D eigenvalue weighted by Gasteiger charge is 2.19. The fraction of sp³-hybridized carbons (Fsp3) is 0.500. The van der Waals surface area contributed by atoms with Crippen molar-refractivity contribution in [2.24, 2.45) is 5.92 Å². The number of hydrogen-bond acceptors (Lipinski definition) is 3. The Morgan fingerprint density at radius 1 is 1.33 bits per heavy atom. The predicted octanol–water partition coefficient (Wildman–Crippen LogP) is 2.96. The molecule has 2 rings (SSSR count). The minimum atomic E-state index is -0.957. The Hall–Kier alpha value is -1.71. The maximum atomic E-state index is 10.9. The Kier molecular flexibility index (Phi) is 4.07. The van der Waals surface area contributed by atoms with Crippen LogP contribution in [0.2, 0.25) is 0 Å². The third kappa shape index (κ3) is 2.94. The minimum Gasteiger partial charge on any atom is -0.490 e. The molecule has 0 aromatic heterocycles. The van der Waals surface area contributed by atoms with E-state index in [9.17, 15) is 4.79 Å². The summed E-state index contributed by atoms with van der Waals surface area (Å²) in [4.78, 5) is 10.9. The number of hydrogen-bond donors (Lipinski definition) is 1. The van der Waals surface area contributed by atoms with Gasteiger partial charge < -0.3 is 14.6 Å². The first-order valence-electron chi connectivity index (χ1n) is 6.33. The number of carboxylic acid groups (broad SMARTS) is 1. The van der Waals surface area contributed by atoms with Crippen molar-refractivity contribution in [1.82, 2.24) is 0 Å². The normalized spacial score (nSPS) is 14.9. The van der Waals surface area contributed by atoms with Crippen molar-refractivity contribution in [2.45, 2.75) is 26.2 Å². The summed E-state index contributed by atoms with van der Waals surface area (Å²) in [5.74, 6) is 0.825. The number of rotatable bonds is 6. The van der Waals surface area contributed by atoms with Gasteiger partial charge in [-0.05, 0) is 43.9 Å². The molecule has 98 valence electrons. The second kappa shape index (κ2) is 5.76. The van der Waals surface area contributed by atoms with E-state index < -0.39 is 5.97 Å². The van der Waals surface area contributed by atoms with Crippen LogP contribution in [0.25, 0.3) is 0 Å². The van der Waals surface area contributed by atoms with Crippen molar-refractivity contribution in [3.63, 3.8) is 0 Å². The monoisotopic (exact) mass is 250 g/mol. The molecule has 1 N–H and O–H groups in total. The third-order valence-electron chi connectivity index (χ3n) is 3.19. The van der Waals surface area contributed by atoms with E-state index in [1.807, 2.05) is 6.92 Å². The summed E-state index contributed by atoms with van der Waals surface area (Å²) in [6, 6.07) is 4.73. The lowest BCUT2D eigenvalue weighted by Gasteiger charge is -2.25. The maximum Gasteiger partial charge on any atom is 0.335 e. The summed E-state index contributed by atoms with van der Waals surface area (Å²) in [6.45, 7) is 3.04. The smallest absolute Gasteiger partial charge is 0.335 e. The Morgan fingerprint density at radius 2 is 2.11 bits per heavy atom. The molecule has 0 saturated heterocycles. The minimum absolute atomic E-state index is 0.217. The Labute approximate surface area is 107 Å². The van der Waals surface area contributed by atoms with Crippen LogP contribution in [-0.4, -0.2) is 24.3 Å². The Balaban J connectivity index is 2.08. The molecule has 0 unspecified atom stereocenters. The fourth-order valence-corrected chi connectivity index (χ4v) is 1.90. The molecule has 0 amide bonds. The molecule has 4 nitrogen and oxygen atoms in total. The van der Waals surface area contributed by atoms with Crippen molar-refractivity contribution in [2.75, 3.05) is 13.2 Å². The SMILES string of the molecule is CCOc1cc(C(=O)O)ccc1OCC1CCC1. The van der Waals surface area contributed by atoms with Gasteiger partial charge in [0.15, 0.2) is 11.5 Å². The van der Waals surface area contributed by atoms with E-state index in [0.717, 1.165) is 0 Å². The van der Waals surface area contributed by atoms with Gasteiger partial charge in [-0.2, -0.15) is 0 Å². The lowest BCUT2D eigenvalue weighted by Crippen LogP contribution is -2.19. The summed E-state index contributed by atoms with van der Waals surface area (Å²) in [5.41, 5.74) is 0.217. The van der Waals surface area contributed by atoms with Gasteiger partial charge in [0.2, 0.25) is 0 Å². The highest BCUT2D eigenvalue weighted by Crippen LogP contribution is 2.32. The van der Waals surface area contributed by atoms with E-state index in [1.54, 1.807) is 12.1 Å². The molecule has 0 heterocycles. The molecule has 1 fully saturated rings. The summed E-state index contributed by atoms with van der Waals surface area (Å²) in [6.07, 6.45) is 3.72. The summed E-state index contributed by atoms with van der Waals surface area (Å²) >= 11 is 0. The average molecular weight is 250 g/mol. The number of benzene rings is 1. The van der Waals surface area contributed by atoms with E-state index in [4.69, 9.17) is 14.6 Å². The molecule has 0 bridgehead atoms. The van der Waals surface area contributed by atoms with E-state index in [2.05, 4.69) is 0 Å². The van der Waals surface area contributed by atoms with Crippen LogP contribution < -0.4 is 9.47 Å². The van der Waals surface area contributed by atoms with Gasteiger partial charge in [-0.3, -0.25) is 0 Å². The van der Waals surface area contributed by atoms with Gasteiger partial charge in [-0.25, -0.2) is 4.79 Å². The zero-order chi connectivity index (χ0) is 13.0. The number of carboxylic acids is 1. The van der Waals surface area contributed by atoms with E-state index in [1.165, 1.54) is 25.3 Å². The molecule has 0 aliphatic heterocycles. The zero-order valence-corrected chi connectivity index (χ0v) is 10.5. The second-order valence-corrected chi connectivity index (χ2v) is 4.51. The lowest BCUT2D eigenvalue weighted by molar-refractivity contribution is 0.0696. The average Bonchev–Trinajstić information content (AvgIpc) is 2.29. The van der Waals surface area contributed by atoms with Crippen LogP contribution in [0, 0.1) is 5.92 Å². The summed E-state index contributed by atoms with van der Waals surface area (Å²) in [7, 11) is 0. The largest absolute Gasteiger partial charge is 0.490 e. The quantitative estimate of drug-likeness (QED) is 0.843. The maximum absolute atomic E-state index is 10.9. The summed E-state index contributed by atoms with van der Waals surface area (Å²) < 4.78 is 11.1. The van der Waals surface area contributed by atoms with Crippen LogP contribution in [-0.2, 0) is 0 Å². The molecule has 1 aromatic carbocycles. The lowest BCUT2D eigenvalue weighted by atomic mass is 9.86. The molecule has 0 atom stereocenters. The van der Waals surface area contributed by atoms with Crippen molar-refractivity contribution < 1.29 is 19.4 Å². The standard InChI is InChI=1S/C14H18O4/c1-2-17-13-8-11(14(15)16)6-7-12(13)18-9-10-4-3-5-10/h6-8,10H,2-5,9H2,1H3,(H,15,16). The van der Waals surface area contributed by atoms with Gasteiger partial charge in [0, 0.05) is 0 Å². The molecule has 0 spiro atoms. The van der Waals surface area contributed by atoms with Gasteiger partial charge in [-0.1, -0.05) is 6.42 Å². The van der Waals surface area contributed by atoms with Crippen LogP contribution in [0.15, 0.2) is 18.2 Å². The molecule has 1 aromatic rings. The molecule has 1 saturated carbocycles. The topological polar surface area (TPSA) is 55.8 Å². The van der Waals surface area contributed by atoms with Crippen molar-refractivity contribution in [3.8, 4) is 11.5 Å². The van der Waals surface area contributed by atoms with Crippen molar-refractivity contribution in [3.05, 3.63) is 23.8 Å². The van der Waals surface area contributed by atoms with Crippen LogP contribution in [0.1, 0.15) is 36.5 Å². The zero-order valence-electron chi connectivity index (χ0n) is 10.5. The van der Waals surface area contributed by atoms with Gasteiger partial charge in [-0.15, -0.1) is 0 Å². The van der Waals surface area contributed by atoms with Crippen molar-refractivity contribution >= 4 is 5.97 Å². The molecule has 4 heteroatoms. The van der Waals surface area contributed by atoms with Gasteiger partial charge in [0.25, 0.3) is 0 Å². The number of ether oxygens (including phenoxy) is 2. The van der Waals surface area contributed by atoms with Gasteiger partial charge in [0.1, 0.15) is 0 Å². The molecule has 1 aliphatic carbocycles. The molecule has 18 heavy (non-hydrogen) atoms. The molecular weight excluding hydrogens is 232 g/mol. The fourth-order valence-electron chi connectivity index (χ4n) is 1.90. The third-order valence-corrected chi connectivity index (χ3v) is 3.19. The van der Waals surface area contributed by atoms with Crippen LogP contribution in [0.4, 0.5) is 0 Å². The summed E-state index contributed by atoms with van der Waals surface area (Å²) in [5, 5.41) is 8.94. The van der Waals surface area contributed by atoms with Crippen LogP contribution >= 0.6 is 0 Å². The first-order valence-corrected chi connectivity index (χ1v) is 6.33. The van der Waals surface area contributed by atoms with E-state index >= 15 is 0 Å². The Morgan fingerprint density at radius 3 is 2.67 bits per heavy atom. The van der Waals surface area contributed by atoms with E-state index in [0.29, 0.717) is 30.6 Å². The first-order chi connectivity index (χ1) is 8.70. The van der Waals surface area contributed by atoms with Gasteiger partial charge >= 0.3 is 5.97 Å². The Bertz CT molecular complexity index is 424. The van der Waals surface area contributed by atoms with Crippen LogP contribution in [0.3, 0.4) is 0 Å². The molecule has 0 radical (unpaired) electrons. The van der Waals surface area contributed by atoms with Gasteiger partial charge in [0.05, 0.1) is 18.8 Å². The molecule has 1 aliphatic rings. The number of carbonyl (C=O) groups is 1. The second-order valence-electron chi connectivity index (χ2n) is 4.51. The highest BCUT2D eigenvalue weighted by molar-refractivity contribution is 5.88. The predicted molar refractivity (Wildman–Crippen MR) is 67.4 cm³/mol. The van der Waals surface area contributed by atoms with Crippen LogP contribution in [0.5, 0.6) is 11.5 Å². The first kappa shape index (κ1) is 12.7. The molecular formula is C14H18O4. The van der Waals surface area contributed by atoms with Crippen molar-refractivity contribution in [1.29, 1.82) is 0 Å². The highest BCUT2D eigenvalue weighted by atomic mass is 16.5. The number of aromatic carboxylic acids is 1.